The summed E-state index contributed by atoms with van der Waals surface area (Å²) in [6.07, 6.45) is -5.00. The number of benzene rings is 1. The maximum Gasteiger partial charge on any atom is 0.573 e. The zero-order valence-corrected chi connectivity index (χ0v) is 6.60. The number of halogens is 4. The van der Waals surface area contributed by atoms with Crippen LogP contribution in [0.25, 0.3) is 0 Å². The van der Waals surface area contributed by atoms with Crippen LogP contribution in [0.2, 0.25) is 0 Å². The predicted octanol–water partition coefficient (Wildman–Crippen LogP) is 2.01. The molecule has 3 nitrogen and oxygen atoms in total. The van der Waals surface area contributed by atoms with E-state index >= 15 is 0 Å². The maximum atomic E-state index is 12.7. The summed E-state index contributed by atoms with van der Waals surface area (Å²) >= 11 is 0. The van der Waals surface area contributed by atoms with Crippen molar-refractivity contribution in [2.24, 2.45) is 0 Å². The van der Waals surface area contributed by atoms with E-state index in [0.29, 0.717) is 12.1 Å². The number of alkyl halides is 3. The third kappa shape index (κ3) is 2.41. The zero-order valence-electron chi connectivity index (χ0n) is 6.60. The highest BCUT2D eigenvalue weighted by atomic mass is 19.4. The van der Waals surface area contributed by atoms with Gasteiger partial charge in [0.25, 0.3) is 0 Å². The lowest BCUT2D eigenvalue weighted by atomic mass is 10.2. The Morgan fingerprint density at radius 1 is 1.29 bits per heavy atom. The van der Waals surface area contributed by atoms with E-state index < -0.39 is 29.4 Å². The molecule has 1 rings (SSSR count). The Kier molecular flexibility index (Phi) is 2.41. The molecule has 0 spiro atoms. The summed E-state index contributed by atoms with van der Waals surface area (Å²) in [5.41, 5.74) is 4.65. The van der Waals surface area contributed by atoms with Gasteiger partial charge >= 0.3 is 6.36 Å². The molecule has 0 amide bonds. The van der Waals surface area contributed by atoms with Gasteiger partial charge in [-0.1, -0.05) is 0 Å². The highest BCUT2D eigenvalue weighted by molar-refractivity contribution is 5.55. The van der Waals surface area contributed by atoms with Gasteiger partial charge in [-0.25, -0.2) is 4.39 Å². The van der Waals surface area contributed by atoms with Crippen molar-refractivity contribution in [1.29, 1.82) is 0 Å². The van der Waals surface area contributed by atoms with Crippen molar-refractivity contribution >= 4 is 5.69 Å². The van der Waals surface area contributed by atoms with Crippen LogP contribution in [0.5, 0.6) is 11.5 Å². The first kappa shape index (κ1) is 10.4. The molecule has 0 heterocycles. The standard InChI is InChI=1S/C7H5F4NO2/c8-3-1-5(13)4(12)2-6(3)14-7(9,10)11/h1-2,13H,12H2. The van der Waals surface area contributed by atoms with Crippen LogP contribution in [0.3, 0.4) is 0 Å². The molecule has 0 aliphatic rings. The van der Waals surface area contributed by atoms with E-state index in [1.165, 1.54) is 0 Å². The van der Waals surface area contributed by atoms with Gasteiger partial charge in [0.1, 0.15) is 5.75 Å². The van der Waals surface area contributed by atoms with Crippen molar-refractivity contribution in [3.05, 3.63) is 17.9 Å². The van der Waals surface area contributed by atoms with E-state index in [1.54, 1.807) is 0 Å². The minimum absolute atomic E-state index is 0.398. The normalized spacial score (nSPS) is 11.4. The van der Waals surface area contributed by atoms with Crippen LogP contribution < -0.4 is 10.5 Å². The van der Waals surface area contributed by atoms with Gasteiger partial charge in [-0.05, 0) is 0 Å². The molecule has 0 fully saturated rings. The summed E-state index contributed by atoms with van der Waals surface area (Å²) in [6, 6.07) is 0.995. The van der Waals surface area contributed by atoms with Gasteiger partial charge in [-0.15, -0.1) is 13.2 Å². The smallest absolute Gasteiger partial charge is 0.506 e. The SMILES string of the molecule is Nc1cc(OC(F)(F)F)c(F)cc1O. The number of hydrogen-bond acceptors (Lipinski definition) is 3. The van der Waals surface area contributed by atoms with Crippen LogP contribution in [0.1, 0.15) is 0 Å². The lowest BCUT2D eigenvalue weighted by Gasteiger charge is -2.10. The number of nitrogens with two attached hydrogens (primary N) is 1. The fourth-order valence-corrected chi connectivity index (χ4v) is 0.762. The zero-order chi connectivity index (χ0) is 10.9. The van der Waals surface area contributed by atoms with E-state index in [9.17, 15) is 17.6 Å². The number of aromatic hydroxyl groups is 1. The molecule has 0 saturated carbocycles. The average molecular weight is 211 g/mol. The second-order valence-corrected chi connectivity index (χ2v) is 2.39. The number of rotatable bonds is 1. The molecular formula is C7H5F4NO2. The van der Waals surface area contributed by atoms with Crippen LogP contribution in [0.4, 0.5) is 23.2 Å². The van der Waals surface area contributed by atoms with E-state index in [-0.39, 0.29) is 0 Å². The molecule has 1 aromatic carbocycles. The van der Waals surface area contributed by atoms with Gasteiger partial charge in [0, 0.05) is 12.1 Å². The molecule has 14 heavy (non-hydrogen) atoms. The van der Waals surface area contributed by atoms with Crippen LogP contribution >= 0.6 is 0 Å². The van der Waals surface area contributed by atoms with Crippen molar-refractivity contribution in [1.82, 2.24) is 0 Å². The van der Waals surface area contributed by atoms with Crippen LogP contribution in [0.15, 0.2) is 12.1 Å². The molecule has 7 heteroatoms. The Morgan fingerprint density at radius 3 is 2.36 bits per heavy atom. The fraction of sp³-hybridized carbons (Fsp3) is 0.143. The topological polar surface area (TPSA) is 55.5 Å². The third-order valence-electron chi connectivity index (χ3n) is 1.31. The van der Waals surface area contributed by atoms with Gasteiger partial charge < -0.3 is 15.6 Å². The first-order valence-corrected chi connectivity index (χ1v) is 3.33. The van der Waals surface area contributed by atoms with Gasteiger partial charge in [0.15, 0.2) is 11.6 Å². The minimum atomic E-state index is -5.00. The molecule has 0 unspecified atom stereocenters. The summed E-state index contributed by atoms with van der Waals surface area (Å²) in [6.45, 7) is 0. The van der Waals surface area contributed by atoms with Crippen LogP contribution in [-0.2, 0) is 0 Å². The number of phenols is 1. The number of nitrogen functional groups attached to an aromatic ring is 1. The van der Waals surface area contributed by atoms with E-state index in [2.05, 4.69) is 4.74 Å². The van der Waals surface area contributed by atoms with Gasteiger partial charge in [0.2, 0.25) is 0 Å². The maximum absolute atomic E-state index is 12.7. The second kappa shape index (κ2) is 3.24. The molecule has 0 radical (unpaired) electrons. The Balaban J connectivity index is 3.04. The Hall–Kier alpha value is -1.66. The third-order valence-corrected chi connectivity index (χ3v) is 1.31. The number of hydrogen-bond donors (Lipinski definition) is 2. The monoisotopic (exact) mass is 211 g/mol. The highest BCUT2D eigenvalue weighted by Crippen LogP contribution is 2.32. The fourth-order valence-electron chi connectivity index (χ4n) is 0.762. The molecule has 0 aliphatic carbocycles. The lowest BCUT2D eigenvalue weighted by molar-refractivity contribution is -0.275. The summed E-state index contributed by atoms with van der Waals surface area (Å²) in [4.78, 5) is 0. The molecule has 0 aromatic heterocycles. The summed E-state index contributed by atoms with van der Waals surface area (Å²) < 4.78 is 51.0. The number of anilines is 1. The molecule has 0 atom stereocenters. The lowest BCUT2D eigenvalue weighted by Crippen LogP contribution is -2.18. The van der Waals surface area contributed by atoms with Crippen molar-refractivity contribution in [2.45, 2.75) is 6.36 Å². The molecule has 3 N–H and O–H groups in total. The molecule has 0 aliphatic heterocycles. The number of phenolic OH excluding ortho intramolecular Hbond substituents is 1. The molecule has 1 aromatic rings. The summed E-state index contributed by atoms with van der Waals surface area (Å²) in [5, 5.41) is 8.82. The van der Waals surface area contributed by atoms with E-state index in [0.717, 1.165) is 0 Å². The molecule has 0 saturated heterocycles. The first-order chi connectivity index (χ1) is 6.29. The number of ether oxygens (including phenoxy) is 1. The molecular weight excluding hydrogens is 206 g/mol. The summed E-state index contributed by atoms with van der Waals surface area (Å²) in [7, 11) is 0. The van der Waals surface area contributed by atoms with Gasteiger partial charge in [-0.2, -0.15) is 0 Å². The van der Waals surface area contributed by atoms with Crippen LogP contribution in [0, 0.1) is 5.82 Å². The van der Waals surface area contributed by atoms with Crippen molar-refractivity contribution in [2.75, 3.05) is 5.73 Å². The average Bonchev–Trinajstić information content (AvgIpc) is 1.97. The van der Waals surface area contributed by atoms with Crippen molar-refractivity contribution in [3.63, 3.8) is 0 Å². The molecule has 0 bridgehead atoms. The van der Waals surface area contributed by atoms with E-state index in [1.807, 2.05) is 0 Å². The van der Waals surface area contributed by atoms with Crippen LogP contribution in [-0.4, -0.2) is 11.5 Å². The molecule has 78 valence electrons. The van der Waals surface area contributed by atoms with Crippen molar-refractivity contribution in [3.8, 4) is 11.5 Å². The summed E-state index contributed by atoms with van der Waals surface area (Å²) in [5.74, 6) is -3.06. The van der Waals surface area contributed by atoms with E-state index in [4.69, 9.17) is 10.8 Å². The largest absolute Gasteiger partial charge is 0.573 e. The first-order valence-electron chi connectivity index (χ1n) is 3.33. The highest BCUT2D eigenvalue weighted by Gasteiger charge is 2.32. The quantitative estimate of drug-likeness (QED) is 0.424. The Bertz CT molecular complexity index is 350. The minimum Gasteiger partial charge on any atom is -0.506 e. The Morgan fingerprint density at radius 2 is 1.86 bits per heavy atom. The Labute approximate surface area is 75.7 Å². The van der Waals surface area contributed by atoms with Crippen molar-refractivity contribution < 1.29 is 27.4 Å². The second-order valence-electron chi connectivity index (χ2n) is 2.39. The predicted molar refractivity (Wildman–Crippen MR) is 39.2 cm³/mol. The van der Waals surface area contributed by atoms with Gasteiger partial charge in [0.05, 0.1) is 5.69 Å². The van der Waals surface area contributed by atoms with Gasteiger partial charge in [-0.3, -0.25) is 0 Å².